The Morgan fingerprint density at radius 2 is 0.673 bits per heavy atom. The summed E-state index contributed by atoms with van der Waals surface area (Å²) in [6.45, 7) is 0. The molecule has 0 unspecified atom stereocenters. The molecule has 5 aromatic carbocycles. The van der Waals surface area contributed by atoms with E-state index in [1.807, 2.05) is 36.8 Å². The number of rotatable bonds is 6. The van der Waals surface area contributed by atoms with Crippen LogP contribution in [0.5, 0.6) is 0 Å². The number of nitrogens with zero attached hydrogens (tertiary/aromatic N) is 3. The molecule has 0 amide bonds. The molecule has 4 nitrogen and oxygen atoms in total. The number of hydrogen-bond donors (Lipinski definition) is 0. The van der Waals surface area contributed by atoms with Crippen LogP contribution in [0.3, 0.4) is 0 Å². The third-order valence-corrected chi connectivity index (χ3v) is 9.17. The zero-order chi connectivity index (χ0) is 32.6. The topological polar surface area (TPSA) is 51.8 Å². The molecule has 0 spiro atoms. The summed E-state index contributed by atoms with van der Waals surface area (Å²) in [5.74, 6) is 0. The first-order chi connectivity index (χ1) is 24.3. The second-order valence-corrected chi connectivity index (χ2v) is 12.1. The highest BCUT2D eigenvalue weighted by atomic mass is 16.3. The van der Waals surface area contributed by atoms with Gasteiger partial charge in [-0.05, 0) is 80.9 Å². The maximum Gasteiger partial charge on any atom is 0.143 e. The van der Waals surface area contributed by atoms with Crippen molar-refractivity contribution in [2.75, 3.05) is 0 Å². The molecule has 4 heteroatoms. The Bertz CT molecular complexity index is 2500. The van der Waals surface area contributed by atoms with Crippen molar-refractivity contribution in [1.82, 2.24) is 15.0 Å². The van der Waals surface area contributed by atoms with Gasteiger partial charge in [-0.15, -0.1) is 0 Å². The summed E-state index contributed by atoms with van der Waals surface area (Å²) in [7, 11) is 0. The van der Waals surface area contributed by atoms with Crippen LogP contribution in [-0.2, 0) is 0 Å². The Hall–Kier alpha value is -6.65. The van der Waals surface area contributed by atoms with E-state index < -0.39 is 0 Å². The predicted octanol–water partition coefficient (Wildman–Crippen LogP) is 11.8. The highest BCUT2D eigenvalue weighted by molar-refractivity contribution is 6.13. The fourth-order valence-electron chi connectivity index (χ4n) is 6.69. The van der Waals surface area contributed by atoms with Crippen molar-refractivity contribution in [1.29, 1.82) is 0 Å². The van der Waals surface area contributed by atoms with Crippen LogP contribution in [0.15, 0.2) is 181 Å². The molecule has 9 aromatic rings. The first-order valence-corrected chi connectivity index (χ1v) is 16.3. The zero-order valence-electron chi connectivity index (χ0n) is 26.5. The Kier molecular flexibility index (Phi) is 7.10. The second kappa shape index (κ2) is 12.2. The normalized spacial score (nSPS) is 11.3. The van der Waals surface area contributed by atoms with Gasteiger partial charge in [-0.3, -0.25) is 15.0 Å². The first kappa shape index (κ1) is 28.6. The van der Waals surface area contributed by atoms with Crippen LogP contribution in [0.25, 0.3) is 88.7 Å². The summed E-state index contributed by atoms with van der Waals surface area (Å²) >= 11 is 0. The quantitative estimate of drug-likeness (QED) is 0.184. The molecule has 4 heterocycles. The minimum absolute atomic E-state index is 0.891. The molecule has 0 aliphatic rings. The van der Waals surface area contributed by atoms with E-state index in [9.17, 15) is 0 Å². The molecule has 49 heavy (non-hydrogen) atoms. The molecule has 9 rings (SSSR count). The largest absolute Gasteiger partial charge is 0.455 e. The molecule has 0 aliphatic carbocycles. The number of aromatic nitrogens is 3. The monoisotopic (exact) mass is 627 g/mol. The standard InChI is InChI=1S/C45H29N3O/c1-9-40(32-17-13-30(14-18-32)34-6-3-21-46-27-34)44-42(11-1)43-12-2-10-41(45(43)49-44)33-19-15-31(16-20-33)37-24-38(35-7-4-22-47-28-35)26-39(25-37)36-8-5-23-48-29-36/h1-29H. The van der Waals surface area contributed by atoms with Gasteiger partial charge in [0.2, 0.25) is 0 Å². The number of pyridine rings is 3. The number of hydrogen-bond acceptors (Lipinski definition) is 4. The van der Waals surface area contributed by atoms with Crippen molar-refractivity contribution in [3.63, 3.8) is 0 Å². The molecule has 0 fully saturated rings. The lowest BCUT2D eigenvalue weighted by molar-refractivity contribution is 0.671. The van der Waals surface area contributed by atoms with Crippen molar-refractivity contribution < 1.29 is 4.42 Å². The van der Waals surface area contributed by atoms with E-state index in [0.717, 1.165) is 88.7 Å². The molecule has 0 aliphatic heterocycles. The molecule has 0 saturated heterocycles. The molecular weight excluding hydrogens is 599 g/mol. The lowest BCUT2D eigenvalue weighted by atomic mass is 9.93. The van der Waals surface area contributed by atoms with E-state index in [1.54, 1.807) is 18.6 Å². The van der Waals surface area contributed by atoms with Crippen LogP contribution in [0.2, 0.25) is 0 Å². The summed E-state index contributed by atoms with van der Waals surface area (Å²) in [6, 6.07) is 49.1. The highest BCUT2D eigenvalue weighted by Crippen LogP contribution is 2.41. The van der Waals surface area contributed by atoms with E-state index in [0.29, 0.717) is 0 Å². The zero-order valence-corrected chi connectivity index (χ0v) is 26.5. The van der Waals surface area contributed by atoms with E-state index in [4.69, 9.17) is 4.42 Å². The van der Waals surface area contributed by atoms with Gasteiger partial charge in [0.15, 0.2) is 0 Å². The van der Waals surface area contributed by atoms with Crippen molar-refractivity contribution in [3.05, 3.63) is 177 Å². The Labute approximate surface area is 284 Å². The van der Waals surface area contributed by atoms with Gasteiger partial charge in [-0.25, -0.2) is 0 Å². The van der Waals surface area contributed by atoms with Crippen LogP contribution >= 0.6 is 0 Å². The molecular formula is C45H29N3O. The van der Waals surface area contributed by atoms with Crippen molar-refractivity contribution in [2.24, 2.45) is 0 Å². The van der Waals surface area contributed by atoms with Crippen molar-refractivity contribution in [3.8, 4) is 66.8 Å². The second-order valence-electron chi connectivity index (χ2n) is 12.1. The fraction of sp³-hybridized carbons (Fsp3) is 0. The minimum atomic E-state index is 0.891. The molecule has 0 bridgehead atoms. The first-order valence-electron chi connectivity index (χ1n) is 16.3. The molecule has 0 N–H and O–H groups in total. The number of para-hydroxylation sites is 2. The summed E-state index contributed by atoms with van der Waals surface area (Å²) < 4.78 is 6.76. The Morgan fingerprint density at radius 3 is 1.08 bits per heavy atom. The lowest BCUT2D eigenvalue weighted by Gasteiger charge is -2.11. The van der Waals surface area contributed by atoms with Crippen molar-refractivity contribution >= 4 is 21.9 Å². The predicted molar refractivity (Wildman–Crippen MR) is 200 cm³/mol. The average molecular weight is 628 g/mol. The molecule has 0 atom stereocenters. The lowest BCUT2D eigenvalue weighted by Crippen LogP contribution is -1.87. The van der Waals surface area contributed by atoms with Crippen LogP contribution in [-0.4, -0.2) is 15.0 Å². The van der Waals surface area contributed by atoms with Gasteiger partial charge >= 0.3 is 0 Å². The van der Waals surface area contributed by atoms with Gasteiger partial charge in [-0.1, -0.05) is 103 Å². The number of furan rings is 1. The summed E-state index contributed by atoms with van der Waals surface area (Å²) in [5, 5.41) is 2.22. The van der Waals surface area contributed by atoms with Gasteiger partial charge in [0.05, 0.1) is 0 Å². The summed E-state index contributed by atoms with van der Waals surface area (Å²) in [4.78, 5) is 13.0. The smallest absolute Gasteiger partial charge is 0.143 e. The third-order valence-electron chi connectivity index (χ3n) is 9.17. The Morgan fingerprint density at radius 1 is 0.306 bits per heavy atom. The van der Waals surface area contributed by atoms with E-state index in [1.165, 1.54) is 0 Å². The fourth-order valence-corrected chi connectivity index (χ4v) is 6.69. The third kappa shape index (κ3) is 5.35. The summed E-state index contributed by atoms with van der Waals surface area (Å²) in [6.07, 6.45) is 11.1. The van der Waals surface area contributed by atoms with Crippen LogP contribution < -0.4 is 0 Å². The minimum Gasteiger partial charge on any atom is -0.455 e. The van der Waals surface area contributed by atoms with E-state index >= 15 is 0 Å². The van der Waals surface area contributed by atoms with Crippen molar-refractivity contribution in [2.45, 2.75) is 0 Å². The van der Waals surface area contributed by atoms with Gasteiger partial charge in [0, 0.05) is 70.2 Å². The Balaban J connectivity index is 1.10. The van der Waals surface area contributed by atoms with E-state index in [2.05, 4.69) is 136 Å². The van der Waals surface area contributed by atoms with Crippen LogP contribution in [0.4, 0.5) is 0 Å². The van der Waals surface area contributed by atoms with Crippen LogP contribution in [0, 0.1) is 0 Å². The maximum atomic E-state index is 6.76. The SMILES string of the molecule is c1cncc(-c2ccc(-c3cccc4c3oc3c(-c5ccc(-c6cc(-c7cccnc7)cc(-c7cccnc7)c6)cc5)cccc34)cc2)c1. The van der Waals surface area contributed by atoms with Gasteiger partial charge < -0.3 is 4.42 Å². The average Bonchev–Trinajstić information content (AvgIpc) is 3.58. The maximum absolute atomic E-state index is 6.76. The van der Waals surface area contributed by atoms with Gasteiger partial charge in [-0.2, -0.15) is 0 Å². The molecule has 4 aromatic heterocycles. The van der Waals surface area contributed by atoms with Gasteiger partial charge in [0.25, 0.3) is 0 Å². The van der Waals surface area contributed by atoms with E-state index in [-0.39, 0.29) is 0 Å². The molecule has 0 saturated carbocycles. The number of benzene rings is 5. The van der Waals surface area contributed by atoms with Crippen LogP contribution in [0.1, 0.15) is 0 Å². The number of fused-ring (bicyclic) bond motifs is 3. The summed E-state index contributed by atoms with van der Waals surface area (Å²) in [5.41, 5.74) is 15.0. The molecule has 230 valence electrons. The molecule has 0 radical (unpaired) electrons. The van der Waals surface area contributed by atoms with Gasteiger partial charge in [0.1, 0.15) is 11.2 Å². The highest BCUT2D eigenvalue weighted by Gasteiger charge is 2.16.